The van der Waals surface area contributed by atoms with Crippen molar-refractivity contribution < 1.29 is 9.18 Å². The number of aryl methyl sites for hydroxylation is 1. The first-order valence-corrected chi connectivity index (χ1v) is 8.38. The summed E-state index contributed by atoms with van der Waals surface area (Å²) in [5.41, 5.74) is 3.31. The molecule has 0 saturated heterocycles. The standard InChI is InChI=1S/C20H25FN2O/c1-4-23(5-2)14-16-6-9-18(10-7-16)20(24)22-13-17-8-11-19(21)15(3)12-17/h6-12H,4-5,13-14H2,1-3H3,(H,22,24). The van der Waals surface area contributed by atoms with Crippen molar-refractivity contribution in [3.63, 3.8) is 0 Å². The van der Waals surface area contributed by atoms with E-state index in [9.17, 15) is 9.18 Å². The van der Waals surface area contributed by atoms with Gasteiger partial charge in [0.1, 0.15) is 5.82 Å². The summed E-state index contributed by atoms with van der Waals surface area (Å²) >= 11 is 0. The zero-order valence-electron chi connectivity index (χ0n) is 14.6. The summed E-state index contributed by atoms with van der Waals surface area (Å²) in [7, 11) is 0. The minimum absolute atomic E-state index is 0.119. The largest absolute Gasteiger partial charge is 0.348 e. The average molecular weight is 328 g/mol. The Kier molecular flexibility index (Phi) is 6.50. The molecule has 2 rings (SSSR count). The van der Waals surface area contributed by atoms with Gasteiger partial charge in [0.25, 0.3) is 5.91 Å². The highest BCUT2D eigenvalue weighted by Gasteiger charge is 2.07. The first-order valence-electron chi connectivity index (χ1n) is 8.38. The van der Waals surface area contributed by atoms with Crippen LogP contribution in [0.25, 0.3) is 0 Å². The number of rotatable bonds is 7. The van der Waals surface area contributed by atoms with E-state index in [1.165, 1.54) is 11.6 Å². The second-order valence-electron chi connectivity index (χ2n) is 5.92. The lowest BCUT2D eigenvalue weighted by molar-refractivity contribution is 0.0951. The fourth-order valence-corrected chi connectivity index (χ4v) is 2.57. The molecule has 0 aliphatic heterocycles. The van der Waals surface area contributed by atoms with Crippen LogP contribution >= 0.6 is 0 Å². The molecule has 0 saturated carbocycles. The molecule has 0 spiro atoms. The number of carbonyl (C=O) groups is 1. The van der Waals surface area contributed by atoms with E-state index in [4.69, 9.17) is 0 Å². The molecule has 24 heavy (non-hydrogen) atoms. The van der Waals surface area contributed by atoms with Gasteiger partial charge in [-0.05, 0) is 54.9 Å². The summed E-state index contributed by atoms with van der Waals surface area (Å²) in [6.45, 7) is 9.30. The summed E-state index contributed by atoms with van der Waals surface area (Å²) in [5, 5.41) is 2.87. The van der Waals surface area contributed by atoms with Crippen molar-refractivity contribution in [3.8, 4) is 0 Å². The maximum atomic E-state index is 13.3. The fraction of sp³-hybridized carbons (Fsp3) is 0.350. The summed E-state index contributed by atoms with van der Waals surface area (Å²) in [5.74, 6) is -0.347. The highest BCUT2D eigenvalue weighted by atomic mass is 19.1. The molecule has 0 bridgehead atoms. The maximum absolute atomic E-state index is 13.3. The smallest absolute Gasteiger partial charge is 0.251 e. The minimum atomic E-state index is -0.228. The molecule has 0 aromatic heterocycles. The van der Waals surface area contributed by atoms with Gasteiger partial charge in [0.05, 0.1) is 0 Å². The van der Waals surface area contributed by atoms with Gasteiger partial charge in [-0.15, -0.1) is 0 Å². The minimum Gasteiger partial charge on any atom is -0.348 e. The molecule has 2 aromatic rings. The van der Waals surface area contributed by atoms with Gasteiger partial charge in [-0.3, -0.25) is 9.69 Å². The van der Waals surface area contributed by atoms with Crippen molar-refractivity contribution in [3.05, 3.63) is 70.5 Å². The number of halogens is 1. The van der Waals surface area contributed by atoms with Crippen molar-refractivity contribution in [2.45, 2.75) is 33.9 Å². The van der Waals surface area contributed by atoms with E-state index in [2.05, 4.69) is 24.1 Å². The van der Waals surface area contributed by atoms with Gasteiger partial charge in [-0.2, -0.15) is 0 Å². The van der Waals surface area contributed by atoms with Crippen LogP contribution in [-0.4, -0.2) is 23.9 Å². The van der Waals surface area contributed by atoms with E-state index in [1.54, 1.807) is 19.1 Å². The van der Waals surface area contributed by atoms with Crippen LogP contribution < -0.4 is 5.32 Å². The van der Waals surface area contributed by atoms with Crippen LogP contribution in [-0.2, 0) is 13.1 Å². The second-order valence-corrected chi connectivity index (χ2v) is 5.92. The first kappa shape index (κ1) is 18.1. The molecule has 0 fully saturated rings. The number of nitrogens with zero attached hydrogens (tertiary/aromatic N) is 1. The number of carbonyl (C=O) groups excluding carboxylic acids is 1. The monoisotopic (exact) mass is 328 g/mol. The zero-order chi connectivity index (χ0) is 17.5. The lowest BCUT2D eigenvalue weighted by Crippen LogP contribution is -2.23. The van der Waals surface area contributed by atoms with E-state index in [0.29, 0.717) is 17.7 Å². The van der Waals surface area contributed by atoms with Gasteiger partial charge in [-0.25, -0.2) is 4.39 Å². The SMILES string of the molecule is CCN(CC)Cc1ccc(C(=O)NCc2ccc(F)c(C)c2)cc1. The van der Waals surface area contributed by atoms with Crippen molar-refractivity contribution in [1.29, 1.82) is 0 Å². The second kappa shape index (κ2) is 8.60. The van der Waals surface area contributed by atoms with Crippen molar-refractivity contribution >= 4 is 5.91 Å². The summed E-state index contributed by atoms with van der Waals surface area (Å²) < 4.78 is 13.3. The molecule has 0 atom stereocenters. The predicted octanol–water partition coefficient (Wildman–Crippen LogP) is 3.91. The van der Waals surface area contributed by atoms with Crippen LogP contribution in [0, 0.1) is 12.7 Å². The van der Waals surface area contributed by atoms with Crippen LogP contribution in [0.1, 0.15) is 40.9 Å². The Balaban J connectivity index is 1.93. The molecule has 0 unspecified atom stereocenters. The fourth-order valence-electron chi connectivity index (χ4n) is 2.57. The molecule has 1 N–H and O–H groups in total. The van der Waals surface area contributed by atoms with Gasteiger partial charge >= 0.3 is 0 Å². The van der Waals surface area contributed by atoms with Crippen LogP contribution in [0.15, 0.2) is 42.5 Å². The lowest BCUT2D eigenvalue weighted by atomic mass is 10.1. The number of amides is 1. The van der Waals surface area contributed by atoms with Gasteiger partial charge in [0.2, 0.25) is 0 Å². The highest BCUT2D eigenvalue weighted by molar-refractivity contribution is 5.94. The molecule has 0 radical (unpaired) electrons. The van der Waals surface area contributed by atoms with Crippen molar-refractivity contribution in [2.24, 2.45) is 0 Å². The number of benzene rings is 2. The molecule has 0 aliphatic rings. The van der Waals surface area contributed by atoms with Gasteiger partial charge in [-0.1, -0.05) is 38.1 Å². The van der Waals surface area contributed by atoms with Crippen LogP contribution in [0.2, 0.25) is 0 Å². The van der Waals surface area contributed by atoms with E-state index in [-0.39, 0.29) is 11.7 Å². The van der Waals surface area contributed by atoms with Gasteiger partial charge in [0, 0.05) is 18.7 Å². The molecule has 128 valence electrons. The Morgan fingerprint density at radius 1 is 1.04 bits per heavy atom. The number of hydrogen-bond acceptors (Lipinski definition) is 2. The molecule has 1 amide bonds. The van der Waals surface area contributed by atoms with Crippen molar-refractivity contribution in [2.75, 3.05) is 13.1 Å². The summed E-state index contributed by atoms with van der Waals surface area (Å²) in [6.07, 6.45) is 0. The van der Waals surface area contributed by atoms with Gasteiger partial charge in [0.15, 0.2) is 0 Å². The molecule has 3 nitrogen and oxygen atoms in total. The highest BCUT2D eigenvalue weighted by Crippen LogP contribution is 2.10. The Bertz CT molecular complexity index is 679. The van der Waals surface area contributed by atoms with Crippen molar-refractivity contribution in [1.82, 2.24) is 10.2 Å². The molecule has 0 aliphatic carbocycles. The molecule has 4 heteroatoms. The molecular weight excluding hydrogens is 303 g/mol. The number of hydrogen-bond donors (Lipinski definition) is 1. The molecule has 2 aromatic carbocycles. The Labute approximate surface area is 143 Å². The topological polar surface area (TPSA) is 32.3 Å². The molecule has 0 heterocycles. The average Bonchev–Trinajstić information content (AvgIpc) is 2.61. The Morgan fingerprint density at radius 2 is 1.67 bits per heavy atom. The van der Waals surface area contributed by atoms with Crippen LogP contribution in [0.5, 0.6) is 0 Å². The van der Waals surface area contributed by atoms with E-state index in [0.717, 1.165) is 25.2 Å². The first-order chi connectivity index (χ1) is 11.5. The summed E-state index contributed by atoms with van der Waals surface area (Å²) in [6, 6.07) is 12.6. The number of nitrogens with one attached hydrogen (secondary N) is 1. The Hall–Kier alpha value is -2.20. The lowest BCUT2D eigenvalue weighted by Gasteiger charge is -2.18. The third kappa shape index (κ3) is 4.90. The van der Waals surface area contributed by atoms with Crippen LogP contribution in [0.3, 0.4) is 0 Å². The normalized spacial score (nSPS) is 10.9. The quantitative estimate of drug-likeness (QED) is 0.836. The predicted molar refractivity (Wildman–Crippen MR) is 95.4 cm³/mol. The van der Waals surface area contributed by atoms with E-state index < -0.39 is 0 Å². The maximum Gasteiger partial charge on any atom is 0.251 e. The van der Waals surface area contributed by atoms with E-state index >= 15 is 0 Å². The third-order valence-electron chi connectivity index (χ3n) is 4.19. The summed E-state index contributed by atoms with van der Waals surface area (Å²) in [4.78, 5) is 14.5. The third-order valence-corrected chi connectivity index (χ3v) is 4.19. The molecular formula is C20H25FN2O. The Morgan fingerprint density at radius 3 is 2.25 bits per heavy atom. The van der Waals surface area contributed by atoms with Crippen LogP contribution in [0.4, 0.5) is 4.39 Å². The van der Waals surface area contributed by atoms with E-state index in [1.807, 2.05) is 24.3 Å². The van der Waals surface area contributed by atoms with Gasteiger partial charge < -0.3 is 5.32 Å². The zero-order valence-corrected chi connectivity index (χ0v) is 14.6.